The Balaban J connectivity index is -0.000000104. The molecule has 0 spiro atoms. The average Bonchev–Trinajstić information content (AvgIpc) is 2.81. The third kappa shape index (κ3) is 41.7. The summed E-state index contributed by atoms with van der Waals surface area (Å²) in [7, 11) is -3.30. The molecule has 11 nitrogen and oxygen atoms in total. The minimum Gasteiger partial charge on any atom is -0.460 e. The van der Waals surface area contributed by atoms with Crippen molar-refractivity contribution in [3.05, 3.63) is 38.2 Å². The van der Waals surface area contributed by atoms with Crippen molar-refractivity contribution in [2.45, 2.75) is 75.8 Å². The fourth-order valence-electron chi connectivity index (χ4n) is 1.77. The first-order valence-electron chi connectivity index (χ1n) is 12.1. The normalized spacial score (nSPS) is 9.90. The quantitative estimate of drug-likeness (QED) is 0.0177. The third-order valence-corrected chi connectivity index (χ3v) is 8.20. The molecule has 0 saturated heterocycles. The maximum atomic E-state index is 11.3. The van der Waals surface area contributed by atoms with Gasteiger partial charge in [-0.05, 0) is 26.9 Å². The maximum Gasteiger partial charge on any atom is 0.407 e. The van der Waals surface area contributed by atoms with Crippen molar-refractivity contribution >= 4 is 28.5 Å². The van der Waals surface area contributed by atoms with Crippen LogP contribution in [0.3, 0.4) is 0 Å². The number of hydrogen-bond acceptors (Lipinski definition) is 10. The molecule has 1 radical (unpaired) electrons. The number of amides is 1. The van der Waals surface area contributed by atoms with Crippen molar-refractivity contribution in [3.63, 3.8) is 0 Å². The van der Waals surface area contributed by atoms with E-state index in [1.165, 1.54) is 0 Å². The summed E-state index contributed by atoms with van der Waals surface area (Å²) in [4.78, 5) is 42.3. The minimum atomic E-state index is -1.99. The number of carbonyl (C=O) groups excluding carboxylic acids is 2. The first-order valence-corrected chi connectivity index (χ1v) is 18.6. The second-order valence-corrected chi connectivity index (χ2v) is 18.7. The Hall–Kier alpha value is -0.482. The van der Waals surface area contributed by atoms with E-state index in [1.807, 2.05) is 20.0 Å². The van der Waals surface area contributed by atoms with Crippen molar-refractivity contribution in [2.75, 3.05) is 58.7 Å². The van der Waals surface area contributed by atoms with Crippen LogP contribution in [0.1, 0.15) is 43.6 Å². The molecule has 0 aromatic carbocycles. The van der Waals surface area contributed by atoms with Gasteiger partial charge in [-0.1, -0.05) is 68.1 Å². The van der Waals surface area contributed by atoms with Crippen LogP contribution in [-0.2, 0) is 71.0 Å². The molecule has 42 heavy (non-hydrogen) atoms. The molecule has 0 atom stereocenters. The number of carbonyl (C=O) groups is 2. The van der Waals surface area contributed by atoms with E-state index in [2.05, 4.69) is 50.7 Å². The second kappa shape index (κ2) is 35.0. The molecule has 0 aliphatic heterocycles. The van der Waals surface area contributed by atoms with Crippen LogP contribution in [0, 0.1) is 13.8 Å². The maximum absolute atomic E-state index is 11.3. The van der Waals surface area contributed by atoms with Gasteiger partial charge in [0.2, 0.25) is 8.32 Å². The van der Waals surface area contributed by atoms with E-state index in [0.29, 0.717) is 44.9 Å². The summed E-state index contributed by atoms with van der Waals surface area (Å²) in [5, 5.41) is 5.48. The van der Waals surface area contributed by atoms with Crippen LogP contribution in [0.2, 0.25) is 32.2 Å². The largest absolute Gasteiger partial charge is 0.460 e. The second-order valence-electron chi connectivity index (χ2n) is 9.51. The zero-order valence-electron chi connectivity index (χ0n) is 24.2. The first-order chi connectivity index (χ1) is 17.3. The van der Waals surface area contributed by atoms with Crippen LogP contribution in [0.4, 0.5) is 4.79 Å². The molecule has 0 fully saturated rings. The number of alkyl carbamates (subject to hydrolysis) is 1. The van der Waals surface area contributed by atoms with Gasteiger partial charge in [-0.15, -0.1) is 0 Å². The third-order valence-electron chi connectivity index (χ3n) is 4.12. The van der Waals surface area contributed by atoms with E-state index >= 15 is 0 Å². The fraction of sp³-hybridized carbons (Fsp3) is 0.714. The summed E-state index contributed by atoms with van der Waals surface area (Å²) in [6.07, 6.45) is 0.357. The zero-order valence-corrected chi connectivity index (χ0v) is 29.0. The van der Waals surface area contributed by atoms with Gasteiger partial charge in [-0.2, -0.15) is 6.04 Å². The number of rotatable bonds is 20. The summed E-state index contributed by atoms with van der Waals surface area (Å²) in [5.41, 5.74) is 1.25. The summed E-state index contributed by atoms with van der Waals surface area (Å²) < 4.78 is 15.2. The molecule has 0 saturated carbocycles. The molecule has 0 aliphatic carbocycles. The van der Waals surface area contributed by atoms with E-state index in [9.17, 15) is 9.59 Å². The molecule has 0 aliphatic rings. The summed E-state index contributed by atoms with van der Waals surface area (Å²) in [5.74, 6) is -0.479. The van der Waals surface area contributed by atoms with Gasteiger partial charge in [0.25, 0.3) is 0 Å². The van der Waals surface area contributed by atoms with Gasteiger partial charge < -0.3 is 33.1 Å². The van der Waals surface area contributed by atoms with Crippen LogP contribution in [0.25, 0.3) is 0 Å². The van der Waals surface area contributed by atoms with Crippen LogP contribution in [0.5, 0.6) is 0 Å². The monoisotopic (exact) mass is 717 g/mol. The SMILES string of the molecule is C.C.C.C.C=C(C)C(=O)OCCNC(=O)OC[Si](C)(C)OC[CH2-].C=C(C)COOCCNCOOC[Si](C)(C)C[CH2-].[Y]. The first kappa shape index (κ1) is 57.2. The van der Waals surface area contributed by atoms with Crippen molar-refractivity contribution in [1.82, 2.24) is 10.6 Å². The molecule has 0 rings (SSSR count). The van der Waals surface area contributed by atoms with Crippen LogP contribution in [-0.4, -0.2) is 87.2 Å². The number of hydrogen-bond donors (Lipinski definition) is 2. The van der Waals surface area contributed by atoms with Gasteiger partial charge in [0.1, 0.15) is 26.2 Å². The van der Waals surface area contributed by atoms with Gasteiger partial charge in [0, 0.05) is 44.8 Å². The molecule has 253 valence electrons. The number of esters is 1. The van der Waals surface area contributed by atoms with Gasteiger partial charge in [-0.3, -0.25) is 5.32 Å². The van der Waals surface area contributed by atoms with E-state index in [4.69, 9.17) is 33.5 Å². The summed E-state index contributed by atoms with van der Waals surface area (Å²) in [6, 6.07) is 0.942. The predicted octanol–water partition coefficient (Wildman–Crippen LogP) is 6.06. The Kier molecular flexibility index (Phi) is 47.7. The molecule has 0 bridgehead atoms. The Morgan fingerprint density at radius 1 is 0.810 bits per heavy atom. The van der Waals surface area contributed by atoms with Gasteiger partial charge in [-0.25, -0.2) is 29.1 Å². The Labute approximate surface area is 286 Å². The summed E-state index contributed by atoms with van der Waals surface area (Å²) >= 11 is 0. The van der Waals surface area contributed by atoms with E-state index < -0.39 is 28.5 Å². The van der Waals surface area contributed by atoms with Gasteiger partial charge in [0.05, 0.1) is 27.5 Å². The predicted molar refractivity (Wildman–Crippen MR) is 175 cm³/mol. The molecule has 0 unspecified atom stereocenters. The topological polar surface area (TPSA) is 123 Å². The van der Waals surface area contributed by atoms with Gasteiger partial charge >= 0.3 is 12.1 Å². The van der Waals surface area contributed by atoms with E-state index in [1.54, 1.807) is 6.92 Å². The molecule has 1 amide bonds. The molecular formula is C28H64N2O9Si2Y-2. The Morgan fingerprint density at radius 2 is 1.40 bits per heavy atom. The molecule has 0 aromatic heterocycles. The van der Waals surface area contributed by atoms with Crippen LogP contribution >= 0.6 is 0 Å². The smallest absolute Gasteiger partial charge is 0.407 e. The van der Waals surface area contributed by atoms with Crippen molar-refractivity contribution in [3.8, 4) is 0 Å². The molecule has 2 N–H and O–H groups in total. The molecule has 0 heterocycles. The van der Waals surface area contributed by atoms with Crippen LogP contribution < -0.4 is 10.6 Å². The van der Waals surface area contributed by atoms with Gasteiger partial charge in [0.15, 0.2) is 0 Å². The standard InChI is InChI=1S/C12H22NO5Si.C12H26NO4Si.4CH4.Y/c1-6-18-19(4,5)9-17-12(15)13-7-8-16-11(14)10(2)3;1-6-18(4,5)11-17-16-10-13-7-8-14-15-9-12(2)3;;;;;/h1-2,6-9H2,3-5H3,(H,13,15);13H,1-2,6-11H2,3-5H3;4*1H4;/q2*-1;;;;;. The average molecular weight is 718 g/mol. The van der Waals surface area contributed by atoms with E-state index in [0.717, 1.165) is 11.6 Å². The van der Waals surface area contributed by atoms with Crippen molar-refractivity contribution in [1.29, 1.82) is 0 Å². The van der Waals surface area contributed by atoms with Crippen molar-refractivity contribution < 1.29 is 75.7 Å². The zero-order chi connectivity index (χ0) is 28.7. The number of ether oxygens (including phenoxy) is 2. The molecular weight excluding hydrogens is 653 g/mol. The Morgan fingerprint density at radius 3 is 1.90 bits per heavy atom. The van der Waals surface area contributed by atoms with E-state index in [-0.39, 0.29) is 81.8 Å². The van der Waals surface area contributed by atoms with Crippen molar-refractivity contribution in [2.24, 2.45) is 0 Å². The van der Waals surface area contributed by atoms with Crippen LogP contribution in [0.15, 0.2) is 24.3 Å². The summed E-state index contributed by atoms with van der Waals surface area (Å²) in [6.45, 7) is 28.8. The number of nitrogens with one attached hydrogen (secondary N) is 2. The minimum absolute atomic E-state index is 0. The Bertz CT molecular complexity index is 671. The fourth-order valence-corrected chi connectivity index (χ4v) is 3.43. The molecule has 14 heteroatoms. The molecule has 0 aromatic rings.